The highest BCUT2D eigenvalue weighted by Crippen LogP contribution is 2.29. The van der Waals surface area contributed by atoms with Crippen molar-refractivity contribution in [2.75, 3.05) is 7.11 Å². The molecule has 1 fully saturated rings. The lowest BCUT2D eigenvalue weighted by Gasteiger charge is -2.38. The van der Waals surface area contributed by atoms with Crippen LogP contribution >= 0.6 is 0 Å². The van der Waals surface area contributed by atoms with Crippen LogP contribution in [-0.4, -0.2) is 27.0 Å². The van der Waals surface area contributed by atoms with Gasteiger partial charge in [0.2, 0.25) is 10.0 Å². The van der Waals surface area contributed by atoms with Crippen LogP contribution in [0.3, 0.4) is 0 Å². The molecule has 6 nitrogen and oxygen atoms in total. The van der Waals surface area contributed by atoms with Gasteiger partial charge in [0.05, 0.1) is 23.5 Å². The van der Waals surface area contributed by atoms with Crippen LogP contribution in [0.4, 0.5) is 0 Å². The molecule has 1 aliphatic rings. The zero-order valence-corrected chi connectivity index (χ0v) is 12.6. The highest BCUT2D eigenvalue weighted by Gasteiger charge is 2.37. The molecule has 116 valence electrons. The Kier molecular flexibility index (Phi) is 4.53. The predicted molar refractivity (Wildman–Crippen MR) is 74.1 cm³/mol. The molecule has 2 rings (SSSR count). The van der Waals surface area contributed by atoms with Gasteiger partial charge in [-0.3, -0.25) is 0 Å². The Balaban J connectivity index is 2.27. The number of nitrogens with one attached hydrogen (secondary N) is 1. The van der Waals surface area contributed by atoms with Crippen molar-refractivity contribution in [1.29, 1.82) is 0 Å². The first-order chi connectivity index (χ1) is 9.89. The van der Waals surface area contributed by atoms with Gasteiger partial charge in [-0.25, -0.2) is 8.42 Å². The van der Waals surface area contributed by atoms with Crippen LogP contribution in [0.25, 0.3) is 0 Å². The molecule has 1 aromatic carbocycles. The van der Waals surface area contributed by atoms with E-state index in [-0.39, 0.29) is 17.7 Å². The molecule has 0 amide bonds. The molecule has 1 aliphatic carbocycles. The number of aliphatic carboxylic acids is 1. The predicted octanol–water partition coefficient (Wildman–Crippen LogP) is 0.426. The maximum atomic E-state index is 12.4. The molecule has 1 aromatic rings. The number of carboxylic acids is 1. The Morgan fingerprint density at radius 1 is 1.19 bits per heavy atom. The number of carbonyl (C=O) groups is 1. The standard InChI is InChI=1S/C14H19NO5S/c1-20-11-5-7-12(8-6-11)21(18,19)15-14(13(16)17)9-3-2-4-10-14/h5-8,15H,2-4,9-10H2,1H3,(H,16,17)/p-1. The molecule has 0 heterocycles. The van der Waals surface area contributed by atoms with E-state index < -0.39 is 21.5 Å². The number of benzene rings is 1. The second kappa shape index (κ2) is 6.03. The van der Waals surface area contributed by atoms with Crippen LogP contribution in [-0.2, 0) is 14.8 Å². The number of rotatable bonds is 5. The number of hydrogen-bond acceptors (Lipinski definition) is 5. The molecule has 0 unspecified atom stereocenters. The van der Waals surface area contributed by atoms with E-state index in [0.29, 0.717) is 18.6 Å². The third kappa shape index (κ3) is 3.36. The van der Waals surface area contributed by atoms with E-state index in [1.807, 2.05) is 0 Å². The van der Waals surface area contributed by atoms with E-state index in [1.54, 1.807) is 0 Å². The van der Waals surface area contributed by atoms with E-state index in [0.717, 1.165) is 6.42 Å². The lowest BCUT2D eigenvalue weighted by Crippen LogP contribution is -2.60. The minimum atomic E-state index is -3.91. The van der Waals surface area contributed by atoms with E-state index in [1.165, 1.54) is 31.4 Å². The number of methoxy groups -OCH3 is 1. The van der Waals surface area contributed by atoms with Gasteiger partial charge in [-0.15, -0.1) is 0 Å². The van der Waals surface area contributed by atoms with Crippen LogP contribution in [0.2, 0.25) is 0 Å². The first kappa shape index (κ1) is 15.8. The molecule has 0 aliphatic heterocycles. The van der Waals surface area contributed by atoms with Gasteiger partial charge in [-0.1, -0.05) is 19.3 Å². The summed E-state index contributed by atoms with van der Waals surface area (Å²) in [6.07, 6.45) is 2.74. The molecule has 1 saturated carbocycles. The Morgan fingerprint density at radius 2 is 1.76 bits per heavy atom. The van der Waals surface area contributed by atoms with Crippen molar-refractivity contribution in [3.63, 3.8) is 0 Å². The average molecular weight is 312 g/mol. The van der Waals surface area contributed by atoms with Crippen molar-refractivity contribution in [3.05, 3.63) is 24.3 Å². The largest absolute Gasteiger partial charge is 0.548 e. The molecule has 0 bridgehead atoms. The summed E-state index contributed by atoms with van der Waals surface area (Å²) in [5, 5.41) is 11.4. The molecular weight excluding hydrogens is 294 g/mol. The molecule has 0 aromatic heterocycles. The maximum Gasteiger partial charge on any atom is 0.241 e. The Bertz CT molecular complexity index is 603. The van der Waals surface area contributed by atoms with Crippen molar-refractivity contribution in [3.8, 4) is 5.75 Å². The fraction of sp³-hybridized carbons (Fsp3) is 0.500. The zero-order valence-electron chi connectivity index (χ0n) is 11.8. The fourth-order valence-electron chi connectivity index (χ4n) is 2.57. The minimum Gasteiger partial charge on any atom is -0.548 e. The van der Waals surface area contributed by atoms with Crippen LogP contribution in [0.15, 0.2) is 29.2 Å². The summed E-state index contributed by atoms with van der Waals surface area (Å²) in [5.74, 6) is -0.833. The van der Waals surface area contributed by atoms with E-state index in [2.05, 4.69) is 4.72 Å². The summed E-state index contributed by atoms with van der Waals surface area (Å²) < 4.78 is 32.0. The Hall–Kier alpha value is -1.60. The summed E-state index contributed by atoms with van der Waals surface area (Å²) >= 11 is 0. The quantitative estimate of drug-likeness (QED) is 0.850. The number of carboxylic acid groups (broad SMARTS) is 1. The molecule has 0 atom stereocenters. The summed E-state index contributed by atoms with van der Waals surface area (Å²) in [5.41, 5.74) is -1.50. The summed E-state index contributed by atoms with van der Waals surface area (Å²) in [4.78, 5) is 11.4. The van der Waals surface area contributed by atoms with Crippen LogP contribution in [0, 0.1) is 0 Å². The van der Waals surface area contributed by atoms with Gasteiger partial charge in [0.1, 0.15) is 5.75 Å². The van der Waals surface area contributed by atoms with Crippen LogP contribution in [0.5, 0.6) is 5.75 Å². The van der Waals surface area contributed by atoms with Crippen molar-refractivity contribution >= 4 is 16.0 Å². The lowest BCUT2D eigenvalue weighted by atomic mass is 9.83. The van der Waals surface area contributed by atoms with Crippen LogP contribution in [0.1, 0.15) is 32.1 Å². The van der Waals surface area contributed by atoms with E-state index in [9.17, 15) is 18.3 Å². The number of ether oxygens (including phenoxy) is 1. The monoisotopic (exact) mass is 312 g/mol. The van der Waals surface area contributed by atoms with Crippen molar-refractivity contribution in [1.82, 2.24) is 4.72 Å². The van der Waals surface area contributed by atoms with Crippen molar-refractivity contribution in [2.45, 2.75) is 42.5 Å². The van der Waals surface area contributed by atoms with Gasteiger partial charge in [-0.2, -0.15) is 4.72 Å². The second-order valence-corrected chi connectivity index (χ2v) is 6.89. The highest BCUT2D eigenvalue weighted by atomic mass is 32.2. The number of sulfonamides is 1. The van der Waals surface area contributed by atoms with Gasteiger partial charge >= 0.3 is 0 Å². The molecule has 21 heavy (non-hydrogen) atoms. The maximum absolute atomic E-state index is 12.4. The van der Waals surface area contributed by atoms with Crippen molar-refractivity contribution in [2.24, 2.45) is 0 Å². The third-order valence-corrected chi connectivity index (χ3v) is 5.35. The average Bonchev–Trinajstić information content (AvgIpc) is 2.47. The van der Waals surface area contributed by atoms with Gasteiger partial charge in [-0.05, 0) is 37.1 Å². The van der Waals surface area contributed by atoms with Crippen molar-refractivity contribution < 1.29 is 23.1 Å². The normalized spacial score (nSPS) is 18.1. The summed E-state index contributed by atoms with van der Waals surface area (Å²) in [7, 11) is -2.43. The topological polar surface area (TPSA) is 95.5 Å². The number of carbonyl (C=O) groups excluding carboxylic acids is 1. The molecule has 0 radical (unpaired) electrons. The zero-order chi connectivity index (χ0) is 15.5. The highest BCUT2D eigenvalue weighted by molar-refractivity contribution is 7.89. The molecule has 0 spiro atoms. The Labute approximate surface area is 124 Å². The minimum absolute atomic E-state index is 0.00879. The van der Waals surface area contributed by atoms with Crippen LogP contribution < -0.4 is 14.6 Å². The molecule has 7 heteroatoms. The van der Waals surface area contributed by atoms with Gasteiger partial charge in [0, 0.05) is 0 Å². The first-order valence-electron chi connectivity index (χ1n) is 6.79. The van der Waals surface area contributed by atoms with Gasteiger partial charge in [0.15, 0.2) is 0 Å². The van der Waals surface area contributed by atoms with Gasteiger partial charge in [0.25, 0.3) is 0 Å². The van der Waals surface area contributed by atoms with E-state index in [4.69, 9.17) is 4.74 Å². The second-order valence-electron chi connectivity index (χ2n) is 5.21. The molecule has 0 saturated heterocycles. The van der Waals surface area contributed by atoms with Gasteiger partial charge < -0.3 is 14.6 Å². The Morgan fingerprint density at radius 3 is 2.24 bits per heavy atom. The van der Waals surface area contributed by atoms with E-state index >= 15 is 0 Å². The molecular formula is C14H18NO5S-. The SMILES string of the molecule is COc1ccc(S(=O)(=O)NC2(C(=O)[O-])CCCCC2)cc1. The summed E-state index contributed by atoms with van der Waals surface area (Å²) in [6, 6.07) is 5.79. The smallest absolute Gasteiger partial charge is 0.241 e. The fourth-order valence-corrected chi connectivity index (χ4v) is 3.99. The summed E-state index contributed by atoms with van der Waals surface area (Å²) in [6.45, 7) is 0. The first-order valence-corrected chi connectivity index (χ1v) is 8.27. The lowest BCUT2D eigenvalue weighted by molar-refractivity contribution is -0.314. The molecule has 1 N–H and O–H groups in total. The number of hydrogen-bond donors (Lipinski definition) is 1. The third-order valence-electron chi connectivity index (χ3n) is 3.80.